The van der Waals surface area contributed by atoms with E-state index in [2.05, 4.69) is 43.4 Å². The van der Waals surface area contributed by atoms with Gasteiger partial charge in [0.15, 0.2) is 0 Å². The molecule has 0 aliphatic heterocycles. The molecule has 0 spiro atoms. The van der Waals surface area contributed by atoms with Crippen molar-refractivity contribution in [2.45, 2.75) is 36.2 Å². The Balaban J connectivity index is 2.16. The third kappa shape index (κ3) is 4.12. The van der Waals surface area contributed by atoms with E-state index < -0.39 is 0 Å². The maximum atomic E-state index is 9.31. The van der Waals surface area contributed by atoms with Crippen molar-refractivity contribution in [2.24, 2.45) is 0 Å². The van der Waals surface area contributed by atoms with E-state index in [0.717, 1.165) is 27.5 Å². The van der Waals surface area contributed by atoms with Gasteiger partial charge in [0.2, 0.25) is 0 Å². The first-order valence-corrected chi connectivity index (χ1v) is 7.50. The monoisotopic (exact) mass is 282 g/mol. The molecule has 0 atom stereocenters. The van der Waals surface area contributed by atoms with Crippen LogP contribution in [0.25, 0.3) is 0 Å². The number of benzene rings is 2. The zero-order chi connectivity index (χ0) is 14.4. The molecule has 102 valence electrons. The van der Waals surface area contributed by atoms with Gasteiger partial charge in [-0.2, -0.15) is 5.26 Å². The lowest BCUT2D eigenvalue weighted by Gasteiger charge is -2.10. The number of rotatable bonds is 5. The van der Waals surface area contributed by atoms with Crippen molar-refractivity contribution in [3.8, 4) is 6.07 Å². The fraction of sp³-hybridized carbons (Fsp3) is 0.235. The maximum absolute atomic E-state index is 9.31. The fourth-order valence-corrected chi connectivity index (χ4v) is 2.70. The first-order valence-electron chi connectivity index (χ1n) is 6.68. The minimum absolute atomic E-state index is 0.443. The highest BCUT2D eigenvalue weighted by Gasteiger charge is 2.06. The molecule has 0 amide bonds. The van der Waals surface area contributed by atoms with Crippen LogP contribution in [-0.2, 0) is 6.54 Å². The minimum Gasteiger partial charge on any atom is -0.310 e. The van der Waals surface area contributed by atoms with Crippen molar-refractivity contribution in [2.75, 3.05) is 0 Å². The highest BCUT2D eigenvalue weighted by Crippen LogP contribution is 2.30. The van der Waals surface area contributed by atoms with E-state index in [0.29, 0.717) is 6.04 Å². The largest absolute Gasteiger partial charge is 0.310 e. The highest BCUT2D eigenvalue weighted by atomic mass is 32.2. The quantitative estimate of drug-likeness (QED) is 0.892. The molecule has 0 saturated heterocycles. The Morgan fingerprint density at radius 3 is 2.55 bits per heavy atom. The first kappa shape index (κ1) is 14.6. The van der Waals surface area contributed by atoms with E-state index in [1.807, 2.05) is 30.3 Å². The van der Waals surface area contributed by atoms with Gasteiger partial charge >= 0.3 is 0 Å². The SMILES string of the molecule is CC(C)NCc1ccc(Sc2ccccc2)c(C#N)c1. The Bertz CT molecular complexity index is 600. The van der Waals surface area contributed by atoms with Crippen LogP contribution in [0.3, 0.4) is 0 Å². The second-order valence-electron chi connectivity index (χ2n) is 4.89. The number of nitriles is 1. The molecule has 2 aromatic rings. The number of nitrogens with one attached hydrogen (secondary N) is 1. The van der Waals surface area contributed by atoms with Gasteiger partial charge in [-0.3, -0.25) is 0 Å². The van der Waals surface area contributed by atoms with E-state index in [9.17, 15) is 5.26 Å². The summed E-state index contributed by atoms with van der Waals surface area (Å²) < 4.78 is 0. The Hall–Kier alpha value is -1.76. The predicted molar refractivity (Wildman–Crippen MR) is 83.7 cm³/mol. The van der Waals surface area contributed by atoms with Crippen molar-refractivity contribution in [1.29, 1.82) is 5.26 Å². The molecule has 0 aliphatic rings. The summed E-state index contributed by atoms with van der Waals surface area (Å²) in [6, 6.07) is 19.0. The summed E-state index contributed by atoms with van der Waals surface area (Å²) in [4.78, 5) is 2.16. The second kappa shape index (κ2) is 7.14. The van der Waals surface area contributed by atoms with E-state index in [1.165, 1.54) is 0 Å². The van der Waals surface area contributed by atoms with Gasteiger partial charge in [0.1, 0.15) is 6.07 Å². The van der Waals surface area contributed by atoms with Crippen LogP contribution < -0.4 is 5.32 Å². The second-order valence-corrected chi connectivity index (χ2v) is 6.01. The van der Waals surface area contributed by atoms with E-state index in [1.54, 1.807) is 11.8 Å². The first-order chi connectivity index (χ1) is 9.69. The van der Waals surface area contributed by atoms with Crippen LogP contribution in [0.1, 0.15) is 25.0 Å². The zero-order valence-corrected chi connectivity index (χ0v) is 12.6. The summed E-state index contributed by atoms with van der Waals surface area (Å²) in [7, 11) is 0. The van der Waals surface area contributed by atoms with Gasteiger partial charge in [0, 0.05) is 22.4 Å². The van der Waals surface area contributed by atoms with Crippen LogP contribution in [0, 0.1) is 11.3 Å². The molecule has 0 heterocycles. The number of nitrogens with zero attached hydrogens (tertiary/aromatic N) is 1. The molecule has 2 nitrogen and oxygen atoms in total. The molecule has 0 saturated carbocycles. The van der Waals surface area contributed by atoms with Crippen molar-refractivity contribution in [3.63, 3.8) is 0 Å². The van der Waals surface area contributed by atoms with E-state index >= 15 is 0 Å². The zero-order valence-electron chi connectivity index (χ0n) is 11.8. The van der Waals surface area contributed by atoms with Gasteiger partial charge in [0.05, 0.1) is 5.56 Å². The molecule has 0 aliphatic carbocycles. The van der Waals surface area contributed by atoms with Gasteiger partial charge in [0.25, 0.3) is 0 Å². The maximum Gasteiger partial charge on any atom is 0.100 e. The fourth-order valence-electron chi connectivity index (χ4n) is 1.80. The molecule has 0 radical (unpaired) electrons. The van der Waals surface area contributed by atoms with Gasteiger partial charge in [-0.1, -0.05) is 49.9 Å². The van der Waals surface area contributed by atoms with Crippen molar-refractivity contribution in [1.82, 2.24) is 5.32 Å². The van der Waals surface area contributed by atoms with Gasteiger partial charge in [-0.05, 0) is 29.8 Å². The molecule has 1 N–H and O–H groups in total. The normalized spacial score (nSPS) is 10.5. The van der Waals surface area contributed by atoms with Crippen LogP contribution >= 0.6 is 11.8 Å². The lowest BCUT2D eigenvalue weighted by molar-refractivity contribution is 0.588. The Morgan fingerprint density at radius 1 is 1.15 bits per heavy atom. The molecule has 0 unspecified atom stereocenters. The average molecular weight is 282 g/mol. The Labute approximate surface area is 124 Å². The summed E-state index contributed by atoms with van der Waals surface area (Å²) in [5.41, 5.74) is 1.88. The topological polar surface area (TPSA) is 35.8 Å². The van der Waals surface area contributed by atoms with Crippen molar-refractivity contribution < 1.29 is 0 Å². The predicted octanol–water partition coefficient (Wildman–Crippen LogP) is 4.21. The van der Waals surface area contributed by atoms with Gasteiger partial charge in [-0.25, -0.2) is 0 Å². The van der Waals surface area contributed by atoms with Crippen molar-refractivity contribution in [3.05, 3.63) is 59.7 Å². The van der Waals surface area contributed by atoms with E-state index in [-0.39, 0.29) is 0 Å². The molecule has 0 fully saturated rings. The molecular weight excluding hydrogens is 264 g/mol. The number of hydrogen-bond acceptors (Lipinski definition) is 3. The van der Waals surface area contributed by atoms with Gasteiger partial charge in [-0.15, -0.1) is 0 Å². The lowest BCUT2D eigenvalue weighted by Crippen LogP contribution is -2.21. The summed E-state index contributed by atoms with van der Waals surface area (Å²) in [6.45, 7) is 5.03. The van der Waals surface area contributed by atoms with Crippen LogP contribution in [0.5, 0.6) is 0 Å². The third-order valence-corrected chi connectivity index (χ3v) is 3.93. The van der Waals surface area contributed by atoms with Crippen LogP contribution in [0.15, 0.2) is 58.3 Å². The molecule has 20 heavy (non-hydrogen) atoms. The number of hydrogen-bond donors (Lipinski definition) is 1. The summed E-state index contributed by atoms with van der Waals surface area (Å²) in [5, 5.41) is 12.7. The Kier molecular flexibility index (Phi) is 5.23. The van der Waals surface area contributed by atoms with Gasteiger partial charge < -0.3 is 5.32 Å². The third-order valence-electron chi connectivity index (χ3n) is 2.85. The average Bonchev–Trinajstić information content (AvgIpc) is 2.47. The van der Waals surface area contributed by atoms with Crippen LogP contribution in [0.4, 0.5) is 0 Å². The molecule has 2 aromatic carbocycles. The van der Waals surface area contributed by atoms with Crippen LogP contribution in [-0.4, -0.2) is 6.04 Å². The lowest BCUT2D eigenvalue weighted by atomic mass is 10.1. The smallest absolute Gasteiger partial charge is 0.100 e. The molecular formula is C17H18N2S. The minimum atomic E-state index is 0.443. The highest BCUT2D eigenvalue weighted by molar-refractivity contribution is 7.99. The molecule has 0 aromatic heterocycles. The summed E-state index contributed by atoms with van der Waals surface area (Å²) in [5.74, 6) is 0. The molecule has 2 rings (SSSR count). The van der Waals surface area contributed by atoms with Crippen molar-refractivity contribution >= 4 is 11.8 Å². The molecule has 3 heteroatoms. The standard InChI is InChI=1S/C17H18N2S/c1-13(2)19-12-14-8-9-17(15(10-14)11-18)20-16-6-4-3-5-7-16/h3-10,13,19H,12H2,1-2H3. The Morgan fingerprint density at radius 2 is 1.90 bits per heavy atom. The summed E-state index contributed by atoms with van der Waals surface area (Å²) in [6.07, 6.45) is 0. The van der Waals surface area contributed by atoms with Crippen LogP contribution in [0.2, 0.25) is 0 Å². The van der Waals surface area contributed by atoms with E-state index in [4.69, 9.17) is 0 Å². The summed E-state index contributed by atoms with van der Waals surface area (Å²) >= 11 is 1.63. The molecule has 0 bridgehead atoms.